The number of hydrogen-bond acceptors (Lipinski definition) is 1. The lowest BCUT2D eigenvalue weighted by Crippen LogP contribution is -2.30. The van der Waals surface area contributed by atoms with Crippen LogP contribution in [0.1, 0.15) is 61.8 Å². The minimum absolute atomic E-state index is 0.231. The second-order valence-electron chi connectivity index (χ2n) is 5.99. The predicted molar refractivity (Wildman–Crippen MR) is 78.6 cm³/mol. The second kappa shape index (κ2) is 5.88. The molecule has 1 saturated carbocycles. The highest BCUT2D eigenvalue weighted by molar-refractivity contribution is 5.32. The highest BCUT2D eigenvalue weighted by Gasteiger charge is 2.29. The van der Waals surface area contributed by atoms with E-state index in [4.69, 9.17) is 5.73 Å². The first-order chi connectivity index (χ1) is 8.63. The van der Waals surface area contributed by atoms with Crippen LogP contribution in [0.2, 0.25) is 0 Å². The van der Waals surface area contributed by atoms with E-state index in [2.05, 4.69) is 39.0 Å². The van der Waals surface area contributed by atoms with Crippen LogP contribution < -0.4 is 5.73 Å². The average molecular weight is 245 g/mol. The summed E-state index contributed by atoms with van der Waals surface area (Å²) in [5.41, 5.74) is 10.6. The lowest BCUT2D eigenvalue weighted by atomic mass is 9.72. The summed E-state index contributed by atoms with van der Waals surface area (Å²) in [6.07, 6.45) is 6.73. The van der Waals surface area contributed by atoms with Crippen molar-refractivity contribution in [3.8, 4) is 0 Å². The number of hydrogen-bond donors (Lipinski definition) is 1. The summed E-state index contributed by atoms with van der Waals surface area (Å²) in [6, 6.07) is 6.97. The SMILES string of the molecule is CCC1CCCCC1C(N)c1ccc(C)c(C)c1. The molecule has 0 saturated heterocycles. The molecule has 1 aromatic carbocycles. The molecule has 0 radical (unpaired) electrons. The largest absolute Gasteiger partial charge is 0.324 e. The molecule has 1 aromatic rings. The molecular formula is C17H27N. The van der Waals surface area contributed by atoms with Gasteiger partial charge < -0.3 is 5.73 Å². The molecule has 2 N–H and O–H groups in total. The molecule has 0 bridgehead atoms. The van der Waals surface area contributed by atoms with Gasteiger partial charge in [-0.05, 0) is 48.8 Å². The Labute approximate surface area is 112 Å². The summed E-state index contributed by atoms with van der Waals surface area (Å²) < 4.78 is 0. The third kappa shape index (κ3) is 2.77. The fourth-order valence-electron chi connectivity index (χ4n) is 3.44. The molecule has 100 valence electrons. The zero-order chi connectivity index (χ0) is 13.1. The van der Waals surface area contributed by atoms with Crippen molar-refractivity contribution in [1.29, 1.82) is 0 Å². The van der Waals surface area contributed by atoms with E-state index in [1.807, 2.05) is 0 Å². The standard InChI is InChI=1S/C17H27N/c1-4-14-7-5-6-8-16(14)17(18)15-10-9-12(2)13(3)11-15/h9-11,14,16-17H,4-8,18H2,1-3H3. The number of rotatable bonds is 3. The molecule has 0 spiro atoms. The third-order valence-electron chi connectivity index (χ3n) is 4.87. The van der Waals surface area contributed by atoms with E-state index in [9.17, 15) is 0 Å². The van der Waals surface area contributed by atoms with E-state index in [0.29, 0.717) is 5.92 Å². The van der Waals surface area contributed by atoms with Gasteiger partial charge in [0.2, 0.25) is 0 Å². The summed E-state index contributed by atoms with van der Waals surface area (Å²) in [5.74, 6) is 1.52. The van der Waals surface area contributed by atoms with Crippen molar-refractivity contribution >= 4 is 0 Å². The van der Waals surface area contributed by atoms with Crippen LogP contribution in [0.3, 0.4) is 0 Å². The highest BCUT2D eigenvalue weighted by atomic mass is 14.7. The molecule has 1 heteroatoms. The van der Waals surface area contributed by atoms with Crippen molar-refractivity contribution < 1.29 is 0 Å². The highest BCUT2D eigenvalue weighted by Crippen LogP contribution is 2.39. The van der Waals surface area contributed by atoms with Crippen LogP contribution in [-0.4, -0.2) is 0 Å². The van der Waals surface area contributed by atoms with Gasteiger partial charge in [0.15, 0.2) is 0 Å². The van der Waals surface area contributed by atoms with E-state index in [-0.39, 0.29) is 6.04 Å². The first kappa shape index (κ1) is 13.6. The van der Waals surface area contributed by atoms with E-state index in [1.54, 1.807) is 0 Å². The van der Waals surface area contributed by atoms with Gasteiger partial charge in [-0.15, -0.1) is 0 Å². The van der Waals surface area contributed by atoms with Crippen molar-refractivity contribution in [2.45, 2.75) is 58.9 Å². The first-order valence-electron chi connectivity index (χ1n) is 7.46. The lowest BCUT2D eigenvalue weighted by molar-refractivity contribution is 0.196. The van der Waals surface area contributed by atoms with Crippen LogP contribution in [0.25, 0.3) is 0 Å². The Bertz CT molecular complexity index is 397. The smallest absolute Gasteiger partial charge is 0.0326 e. The average Bonchev–Trinajstić information content (AvgIpc) is 2.41. The number of aryl methyl sites for hydroxylation is 2. The van der Waals surface area contributed by atoms with Gasteiger partial charge in [-0.2, -0.15) is 0 Å². The minimum Gasteiger partial charge on any atom is -0.324 e. The molecule has 1 aliphatic rings. The van der Waals surface area contributed by atoms with Crippen LogP contribution in [0, 0.1) is 25.7 Å². The van der Waals surface area contributed by atoms with Gasteiger partial charge in [0, 0.05) is 6.04 Å². The van der Waals surface area contributed by atoms with Crippen LogP contribution >= 0.6 is 0 Å². The van der Waals surface area contributed by atoms with Gasteiger partial charge in [0.05, 0.1) is 0 Å². The van der Waals surface area contributed by atoms with Gasteiger partial charge >= 0.3 is 0 Å². The molecule has 1 fully saturated rings. The Balaban J connectivity index is 2.18. The van der Waals surface area contributed by atoms with Crippen molar-refractivity contribution in [2.75, 3.05) is 0 Å². The van der Waals surface area contributed by atoms with Gasteiger partial charge in [0.1, 0.15) is 0 Å². The summed E-state index contributed by atoms with van der Waals surface area (Å²) in [5, 5.41) is 0. The van der Waals surface area contributed by atoms with Crippen LogP contribution in [0.4, 0.5) is 0 Å². The summed E-state index contributed by atoms with van der Waals surface area (Å²) in [7, 11) is 0. The molecule has 3 atom stereocenters. The van der Waals surface area contributed by atoms with Crippen molar-refractivity contribution in [2.24, 2.45) is 17.6 Å². The topological polar surface area (TPSA) is 26.0 Å². The first-order valence-corrected chi connectivity index (χ1v) is 7.46. The Morgan fingerprint density at radius 3 is 2.56 bits per heavy atom. The van der Waals surface area contributed by atoms with Crippen LogP contribution in [-0.2, 0) is 0 Å². The summed E-state index contributed by atoms with van der Waals surface area (Å²) >= 11 is 0. The molecule has 2 rings (SSSR count). The zero-order valence-corrected chi connectivity index (χ0v) is 12.1. The number of nitrogens with two attached hydrogens (primary N) is 1. The number of benzene rings is 1. The zero-order valence-electron chi connectivity index (χ0n) is 12.1. The van der Waals surface area contributed by atoms with Crippen molar-refractivity contribution in [1.82, 2.24) is 0 Å². The van der Waals surface area contributed by atoms with E-state index >= 15 is 0 Å². The quantitative estimate of drug-likeness (QED) is 0.832. The summed E-state index contributed by atoms with van der Waals surface area (Å²) in [6.45, 7) is 6.67. The van der Waals surface area contributed by atoms with Gasteiger partial charge in [-0.25, -0.2) is 0 Å². The Morgan fingerprint density at radius 2 is 1.89 bits per heavy atom. The molecule has 0 aliphatic heterocycles. The van der Waals surface area contributed by atoms with Crippen molar-refractivity contribution in [3.05, 3.63) is 34.9 Å². The third-order valence-corrected chi connectivity index (χ3v) is 4.87. The second-order valence-corrected chi connectivity index (χ2v) is 5.99. The van der Waals surface area contributed by atoms with Gasteiger partial charge in [-0.1, -0.05) is 50.8 Å². The Hall–Kier alpha value is -0.820. The fraction of sp³-hybridized carbons (Fsp3) is 0.647. The molecule has 18 heavy (non-hydrogen) atoms. The molecule has 1 aliphatic carbocycles. The molecule has 3 unspecified atom stereocenters. The molecule has 0 amide bonds. The maximum absolute atomic E-state index is 6.55. The van der Waals surface area contributed by atoms with E-state index < -0.39 is 0 Å². The molecular weight excluding hydrogens is 218 g/mol. The van der Waals surface area contributed by atoms with E-state index in [1.165, 1.54) is 48.8 Å². The summed E-state index contributed by atoms with van der Waals surface area (Å²) in [4.78, 5) is 0. The minimum atomic E-state index is 0.231. The molecule has 0 aromatic heterocycles. The van der Waals surface area contributed by atoms with Crippen LogP contribution in [0.5, 0.6) is 0 Å². The Kier molecular flexibility index (Phi) is 4.45. The maximum atomic E-state index is 6.55. The maximum Gasteiger partial charge on any atom is 0.0326 e. The fourth-order valence-corrected chi connectivity index (χ4v) is 3.44. The van der Waals surface area contributed by atoms with Crippen LogP contribution in [0.15, 0.2) is 18.2 Å². The molecule has 0 heterocycles. The molecule has 1 nitrogen and oxygen atoms in total. The van der Waals surface area contributed by atoms with Gasteiger partial charge in [0.25, 0.3) is 0 Å². The lowest BCUT2D eigenvalue weighted by Gasteiger charge is -2.35. The monoisotopic (exact) mass is 245 g/mol. The van der Waals surface area contributed by atoms with E-state index in [0.717, 1.165) is 5.92 Å². The van der Waals surface area contributed by atoms with Crippen molar-refractivity contribution in [3.63, 3.8) is 0 Å². The van der Waals surface area contributed by atoms with Gasteiger partial charge in [-0.3, -0.25) is 0 Å². The predicted octanol–water partition coefficient (Wildman–Crippen LogP) is 4.52. The normalized spacial score (nSPS) is 26.0. The Morgan fingerprint density at radius 1 is 1.17 bits per heavy atom.